The van der Waals surface area contributed by atoms with Crippen LogP contribution in [-0.2, 0) is 9.59 Å². The molecule has 1 aliphatic rings. The largest absolute Gasteiger partial charge is 0.494 e. The van der Waals surface area contributed by atoms with E-state index in [0.717, 1.165) is 17.5 Å². The van der Waals surface area contributed by atoms with Crippen LogP contribution in [0.5, 0.6) is 5.75 Å². The summed E-state index contributed by atoms with van der Waals surface area (Å²) in [5.74, 6) is -0.0111. The van der Waals surface area contributed by atoms with Crippen molar-refractivity contribution in [1.29, 1.82) is 0 Å². The molecule has 1 N–H and O–H groups in total. The average molecular weight is 427 g/mol. The van der Waals surface area contributed by atoms with Crippen molar-refractivity contribution >= 4 is 28.8 Å². The summed E-state index contributed by atoms with van der Waals surface area (Å²) in [6.07, 6.45) is 0.902. The Balaban J connectivity index is 1.76. The number of aryl methyl sites for hydroxylation is 2. The van der Waals surface area contributed by atoms with Crippen molar-refractivity contribution in [2.24, 2.45) is 0 Å². The number of ether oxygens (including phenoxy) is 1. The Morgan fingerprint density at radius 1 is 0.844 bits per heavy atom. The summed E-state index contributed by atoms with van der Waals surface area (Å²) < 4.78 is 5.72. The molecule has 0 aromatic heterocycles. The number of nitrogens with zero attached hydrogens (tertiary/aromatic N) is 1. The van der Waals surface area contributed by atoms with Gasteiger partial charge in [-0.05, 0) is 55.7 Å². The minimum Gasteiger partial charge on any atom is -0.494 e. The van der Waals surface area contributed by atoms with Gasteiger partial charge in [0.1, 0.15) is 11.4 Å². The van der Waals surface area contributed by atoms with E-state index in [9.17, 15) is 9.59 Å². The van der Waals surface area contributed by atoms with Crippen LogP contribution in [0.2, 0.25) is 0 Å². The molecule has 0 saturated carbocycles. The van der Waals surface area contributed by atoms with Gasteiger partial charge in [0, 0.05) is 11.8 Å². The standard InChI is InChI=1S/C27H26N2O3/c1-4-15-32-23-10-6-8-21(17-23)28-25-24(20-13-11-18(2)12-14-20)26(30)29(27(25)31)22-9-5-7-19(3)16-22/h5-14,16-17,28H,4,15H2,1-3H3. The Morgan fingerprint density at radius 2 is 1.59 bits per heavy atom. The third-order valence-corrected chi connectivity index (χ3v) is 5.26. The number of imide groups is 1. The SMILES string of the molecule is CCCOc1cccc(NC2=C(c3ccc(C)cc3)C(=O)N(c3cccc(C)c3)C2=O)c1. The zero-order chi connectivity index (χ0) is 22.7. The first-order valence-corrected chi connectivity index (χ1v) is 10.7. The number of nitrogens with one attached hydrogen (secondary N) is 1. The molecule has 5 nitrogen and oxygen atoms in total. The first-order valence-electron chi connectivity index (χ1n) is 10.7. The van der Waals surface area contributed by atoms with Crippen molar-refractivity contribution in [3.63, 3.8) is 0 Å². The summed E-state index contributed by atoms with van der Waals surface area (Å²) in [5, 5.41) is 3.20. The summed E-state index contributed by atoms with van der Waals surface area (Å²) >= 11 is 0. The number of hydrogen-bond donors (Lipinski definition) is 1. The van der Waals surface area contributed by atoms with Gasteiger partial charge in [-0.3, -0.25) is 9.59 Å². The van der Waals surface area contributed by atoms with E-state index in [4.69, 9.17) is 4.74 Å². The molecule has 0 unspecified atom stereocenters. The maximum absolute atomic E-state index is 13.5. The van der Waals surface area contributed by atoms with E-state index < -0.39 is 0 Å². The molecule has 2 amide bonds. The molecule has 0 radical (unpaired) electrons. The quantitative estimate of drug-likeness (QED) is 0.508. The molecular weight excluding hydrogens is 400 g/mol. The molecule has 0 saturated heterocycles. The fourth-order valence-corrected chi connectivity index (χ4v) is 3.66. The van der Waals surface area contributed by atoms with Crippen LogP contribution in [-0.4, -0.2) is 18.4 Å². The highest BCUT2D eigenvalue weighted by molar-refractivity contribution is 6.46. The molecule has 0 aliphatic carbocycles. The number of anilines is 2. The van der Waals surface area contributed by atoms with Crippen LogP contribution in [0.25, 0.3) is 5.57 Å². The molecule has 1 heterocycles. The van der Waals surface area contributed by atoms with Gasteiger partial charge in [0.25, 0.3) is 11.8 Å². The van der Waals surface area contributed by atoms with Gasteiger partial charge in [-0.25, -0.2) is 4.90 Å². The Labute approximate surface area is 188 Å². The molecule has 3 aromatic carbocycles. The molecule has 0 atom stereocenters. The summed E-state index contributed by atoms with van der Waals surface area (Å²) in [7, 11) is 0. The first-order chi connectivity index (χ1) is 15.5. The van der Waals surface area contributed by atoms with Crippen molar-refractivity contribution in [2.75, 3.05) is 16.8 Å². The molecule has 162 valence electrons. The lowest BCUT2D eigenvalue weighted by Gasteiger charge is -2.16. The number of benzene rings is 3. The van der Waals surface area contributed by atoms with E-state index in [1.54, 1.807) is 6.07 Å². The van der Waals surface area contributed by atoms with Crippen LogP contribution in [0.3, 0.4) is 0 Å². The predicted molar refractivity (Wildman–Crippen MR) is 128 cm³/mol. The van der Waals surface area contributed by atoms with Crippen LogP contribution in [0, 0.1) is 13.8 Å². The van der Waals surface area contributed by atoms with E-state index in [0.29, 0.717) is 34.9 Å². The Kier molecular flexibility index (Phi) is 6.08. The van der Waals surface area contributed by atoms with Gasteiger partial charge >= 0.3 is 0 Å². The fourth-order valence-electron chi connectivity index (χ4n) is 3.66. The van der Waals surface area contributed by atoms with Gasteiger partial charge in [0.05, 0.1) is 17.9 Å². The molecule has 1 aliphatic heterocycles. The first kappa shape index (κ1) is 21.4. The lowest BCUT2D eigenvalue weighted by molar-refractivity contribution is -0.120. The Bertz CT molecular complexity index is 1200. The van der Waals surface area contributed by atoms with Crippen molar-refractivity contribution in [1.82, 2.24) is 0 Å². The molecule has 4 rings (SSSR count). The smallest absolute Gasteiger partial charge is 0.282 e. The van der Waals surface area contributed by atoms with E-state index in [-0.39, 0.29) is 17.5 Å². The van der Waals surface area contributed by atoms with E-state index in [1.165, 1.54) is 4.90 Å². The zero-order valence-electron chi connectivity index (χ0n) is 18.5. The lowest BCUT2D eigenvalue weighted by Crippen LogP contribution is -2.32. The third-order valence-electron chi connectivity index (χ3n) is 5.26. The van der Waals surface area contributed by atoms with Gasteiger partial charge in [-0.15, -0.1) is 0 Å². The van der Waals surface area contributed by atoms with Gasteiger partial charge in [0.2, 0.25) is 0 Å². The van der Waals surface area contributed by atoms with Gasteiger partial charge in [-0.1, -0.05) is 55.0 Å². The lowest BCUT2D eigenvalue weighted by atomic mass is 10.0. The normalized spacial score (nSPS) is 13.7. The van der Waals surface area contributed by atoms with Gasteiger partial charge in [0.15, 0.2) is 0 Å². The minimum absolute atomic E-state index is 0.257. The molecule has 5 heteroatoms. The minimum atomic E-state index is -0.379. The van der Waals surface area contributed by atoms with E-state index >= 15 is 0 Å². The van der Waals surface area contributed by atoms with Crippen LogP contribution in [0.4, 0.5) is 11.4 Å². The van der Waals surface area contributed by atoms with Crippen molar-refractivity contribution in [2.45, 2.75) is 27.2 Å². The van der Waals surface area contributed by atoms with Gasteiger partial charge in [-0.2, -0.15) is 0 Å². The second-order valence-corrected chi connectivity index (χ2v) is 7.90. The monoisotopic (exact) mass is 426 g/mol. The van der Waals surface area contributed by atoms with Crippen molar-refractivity contribution < 1.29 is 14.3 Å². The Hall–Kier alpha value is -3.86. The maximum atomic E-state index is 13.5. The highest BCUT2D eigenvalue weighted by Crippen LogP contribution is 2.34. The summed E-state index contributed by atoms with van der Waals surface area (Å²) in [6.45, 7) is 6.58. The zero-order valence-corrected chi connectivity index (χ0v) is 18.5. The highest BCUT2D eigenvalue weighted by atomic mass is 16.5. The summed E-state index contributed by atoms with van der Waals surface area (Å²) in [4.78, 5) is 28.2. The van der Waals surface area contributed by atoms with E-state index in [1.807, 2.05) is 87.5 Å². The number of hydrogen-bond acceptors (Lipinski definition) is 4. The molecule has 0 spiro atoms. The predicted octanol–water partition coefficient (Wildman–Crippen LogP) is 5.49. The number of carbonyl (C=O) groups is 2. The molecule has 3 aromatic rings. The van der Waals surface area contributed by atoms with Gasteiger partial charge < -0.3 is 10.1 Å². The van der Waals surface area contributed by atoms with Crippen LogP contribution in [0.1, 0.15) is 30.0 Å². The van der Waals surface area contributed by atoms with E-state index in [2.05, 4.69) is 5.32 Å². The van der Waals surface area contributed by atoms with Crippen LogP contribution < -0.4 is 15.0 Å². The second kappa shape index (κ2) is 9.10. The third kappa shape index (κ3) is 4.28. The number of carbonyl (C=O) groups excluding carboxylic acids is 2. The molecule has 0 bridgehead atoms. The fraction of sp³-hybridized carbons (Fsp3) is 0.185. The summed E-state index contributed by atoms with van der Waals surface area (Å²) in [5.41, 5.74) is 4.61. The number of amides is 2. The number of rotatable bonds is 7. The molecular formula is C27H26N2O3. The molecule has 32 heavy (non-hydrogen) atoms. The van der Waals surface area contributed by atoms with Crippen molar-refractivity contribution in [3.05, 3.63) is 95.2 Å². The topological polar surface area (TPSA) is 58.6 Å². The van der Waals surface area contributed by atoms with Crippen LogP contribution >= 0.6 is 0 Å². The summed E-state index contributed by atoms with van der Waals surface area (Å²) in [6, 6.07) is 22.4. The maximum Gasteiger partial charge on any atom is 0.282 e. The Morgan fingerprint density at radius 3 is 2.31 bits per heavy atom. The second-order valence-electron chi connectivity index (χ2n) is 7.90. The molecule has 0 fully saturated rings. The van der Waals surface area contributed by atoms with Crippen molar-refractivity contribution in [3.8, 4) is 5.75 Å². The van der Waals surface area contributed by atoms with Crippen LogP contribution in [0.15, 0.2) is 78.5 Å². The highest BCUT2D eigenvalue weighted by Gasteiger charge is 2.40. The average Bonchev–Trinajstić information content (AvgIpc) is 3.02.